The van der Waals surface area contributed by atoms with Crippen LogP contribution in [0.4, 0.5) is 4.39 Å². The molecule has 8 nitrogen and oxygen atoms in total. The topological polar surface area (TPSA) is 86.0 Å². The number of fused-ring (bicyclic) bond motifs is 2. The molecular formula is C33H37ClFN3O5. The fourth-order valence-corrected chi connectivity index (χ4v) is 7.29. The molecule has 10 heteroatoms. The molecule has 4 aliphatic rings. The Balaban J connectivity index is 1.08. The zero-order valence-electron chi connectivity index (χ0n) is 24.3. The number of imidazole rings is 1. The van der Waals surface area contributed by atoms with Crippen LogP contribution in [0.5, 0.6) is 5.75 Å². The summed E-state index contributed by atoms with van der Waals surface area (Å²) in [6.07, 6.45) is 4.62. The van der Waals surface area contributed by atoms with E-state index in [1.165, 1.54) is 6.07 Å². The van der Waals surface area contributed by atoms with Crippen molar-refractivity contribution in [3.63, 3.8) is 0 Å². The van der Waals surface area contributed by atoms with Crippen LogP contribution in [0.1, 0.15) is 67.1 Å². The lowest BCUT2D eigenvalue weighted by molar-refractivity contribution is -0.243. The lowest BCUT2D eigenvalue weighted by Gasteiger charge is -2.44. The number of piperidine rings is 1. The number of aromatic nitrogens is 2. The Labute approximate surface area is 255 Å². The molecule has 3 unspecified atom stereocenters. The first-order chi connectivity index (χ1) is 20.8. The predicted molar refractivity (Wildman–Crippen MR) is 157 cm³/mol. The molecule has 0 bridgehead atoms. The fourth-order valence-electron chi connectivity index (χ4n) is 7.13. The number of rotatable bonds is 7. The van der Waals surface area contributed by atoms with Crippen molar-refractivity contribution in [2.45, 2.75) is 76.5 Å². The van der Waals surface area contributed by atoms with Gasteiger partial charge in [-0.3, -0.25) is 9.69 Å². The van der Waals surface area contributed by atoms with Gasteiger partial charge in [0.25, 0.3) is 0 Å². The van der Waals surface area contributed by atoms with Gasteiger partial charge in [-0.1, -0.05) is 29.8 Å². The lowest BCUT2D eigenvalue weighted by Crippen LogP contribution is -2.43. The maximum atomic E-state index is 15.1. The minimum atomic E-state index is -1.29. The largest absolute Gasteiger partial charge is 0.481 e. The highest BCUT2D eigenvalue weighted by Gasteiger charge is 2.44. The summed E-state index contributed by atoms with van der Waals surface area (Å²) in [7, 11) is 0. The number of carboxylic acids is 1. The quantitative estimate of drug-likeness (QED) is 0.358. The molecule has 7 rings (SSSR count). The van der Waals surface area contributed by atoms with Gasteiger partial charge >= 0.3 is 5.97 Å². The fraction of sp³-hybridized carbons (Fsp3) is 0.515. The third-order valence-electron chi connectivity index (χ3n) is 9.66. The third-order valence-corrected chi connectivity index (χ3v) is 9.90. The average molecular weight is 610 g/mol. The summed E-state index contributed by atoms with van der Waals surface area (Å²) in [6, 6.07) is 12.5. The van der Waals surface area contributed by atoms with E-state index in [2.05, 4.69) is 9.47 Å². The van der Waals surface area contributed by atoms with Gasteiger partial charge in [0.2, 0.25) is 5.79 Å². The van der Waals surface area contributed by atoms with Gasteiger partial charge in [-0.25, -0.2) is 9.37 Å². The van der Waals surface area contributed by atoms with E-state index in [9.17, 15) is 9.90 Å². The summed E-state index contributed by atoms with van der Waals surface area (Å²) in [5, 5.41) is 10.00. The molecule has 1 N–H and O–H groups in total. The second-order valence-corrected chi connectivity index (χ2v) is 12.9. The highest BCUT2D eigenvalue weighted by molar-refractivity contribution is 6.30. The number of aliphatic carboxylic acids is 1. The summed E-state index contributed by atoms with van der Waals surface area (Å²) in [4.78, 5) is 19.2. The van der Waals surface area contributed by atoms with Gasteiger partial charge in [-0.2, -0.15) is 0 Å². The number of benzene rings is 2. The van der Waals surface area contributed by atoms with Crippen LogP contribution in [-0.4, -0.2) is 51.3 Å². The molecule has 0 saturated carbocycles. The third kappa shape index (κ3) is 5.57. The van der Waals surface area contributed by atoms with Gasteiger partial charge < -0.3 is 23.9 Å². The Hall–Kier alpha value is -2.98. The van der Waals surface area contributed by atoms with Crippen LogP contribution in [0.2, 0.25) is 5.02 Å². The van der Waals surface area contributed by atoms with Crippen molar-refractivity contribution in [2.75, 3.05) is 19.7 Å². The molecule has 0 radical (unpaired) electrons. The molecule has 3 aliphatic heterocycles. The van der Waals surface area contributed by atoms with Gasteiger partial charge in [-0.15, -0.1) is 0 Å². The van der Waals surface area contributed by atoms with Crippen molar-refractivity contribution in [1.82, 2.24) is 14.5 Å². The number of ether oxygens (including phenoxy) is 3. The van der Waals surface area contributed by atoms with Gasteiger partial charge in [0, 0.05) is 36.2 Å². The van der Waals surface area contributed by atoms with Crippen LogP contribution in [0.3, 0.4) is 0 Å². The number of carbonyl (C=O) groups is 1. The number of halogens is 2. The van der Waals surface area contributed by atoms with E-state index in [0.717, 1.165) is 68.3 Å². The molecule has 4 heterocycles. The summed E-state index contributed by atoms with van der Waals surface area (Å²) in [6.45, 7) is 5.74. The predicted octanol–water partition coefficient (Wildman–Crippen LogP) is 5.89. The van der Waals surface area contributed by atoms with Crippen LogP contribution in [-0.2, 0) is 46.0 Å². The minimum Gasteiger partial charge on any atom is -0.481 e. The lowest BCUT2D eigenvalue weighted by atomic mass is 9.85. The molecular weight excluding hydrogens is 573 g/mol. The van der Waals surface area contributed by atoms with Gasteiger partial charge in [0.15, 0.2) is 0 Å². The highest BCUT2D eigenvalue weighted by atomic mass is 35.5. The van der Waals surface area contributed by atoms with Crippen molar-refractivity contribution >= 4 is 17.6 Å². The van der Waals surface area contributed by atoms with Gasteiger partial charge in [-0.05, 0) is 75.4 Å². The molecule has 3 aromatic rings. The molecule has 1 aromatic heterocycles. The van der Waals surface area contributed by atoms with Gasteiger partial charge in [0.05, 0.1) is 42.5 Å². The molecule has 4 atom stereocenters. The van der Waals surface area contributed by atoms with Crippen LogP contribution in [0, 0.1) is 17.7 Å². The van der Waals surface area contributed by atoms with Crippen LogP contribution in [0.25, 0.3) is 0 Å². The number of hydrogen-bond donors (Lipinski definition) is 1. The van der Waals surface area contributed by atoms with E-state index in [1.807, 2.05) is 24.3 Å². The van der Waals surface area contributed by atoms with E-state index in [1.54, 1.807) is 19.1 Å². The van der Waals surface area contributed by atoms with Gasteiger partial charge in [0.1, 0.15) is 17.4 Å². The maximum Gasteiger partial charge on any atom is 0.306 e. The maximum absolute atomic E-state index is 15.1. The molecule has 1 aliphatic carbocycles. The highest BCUT2D eigenvalue weighted by Crippen LogP contribution is 2.49. The minimum absolute atomic E-state index is 0.165. The number of hydrogen-bond acceptors (Lipinski definition) is 6. The van der Waals surface area contributed by atoms with E-state index in [0.29, 0.717) is 42.1 Å². The first-order valence-corrected chi connectivity index (χ1v) is 15.7. The number of aryl methyl sites for hydroxylation is 1. The molecule has 2 saturated heterocycles. The zero-order valence-corrected chi connectivity index (χ0v) is 25.1. The number of likely N-dealkylation sites (tertiary alicyclic amines) is 1. The second-order valence-electron chi connectivity index (χ2n) is 12.5. The van der Waals surface area contributed by atoms with Crippen LogP contribution in [0.15, 0.2) is 42.5 Å². The Morgan fingerprint density at radius 3 is 2.67 bits per heavy atom. The van der Waals surface area contributed by atoms with Crippen molar-refractivity contribution in [1.29, 1.82) is 0 Å². The SMILES string of the molecule is CC1(c2ccc(Cl)cc2F)Oc2ccccc2C(C2CCN(Cc3nc4c(n3C[C@@H]3CCO3)CC(C(=O)O)CC4)CC2)O1. The summed E-state index contributed by atoms with van der Waals surface area (Å²) < 4.78 is 36.0. The van der Waals surface area contributed by atoms with E-state index >= 15 is 4.39 Å². The normalized spacial score (nSPS) is 27.6. The average Bonchev–Trinajstić information content (AvgIpc) is 3.30. The first-order valence-electron chi connectivity index (χ1n) is 15.3. The van der Waals surface area contributed by atoms with Crippen molar-refractivity contribution in [3.05, 3.63) is 81.6 Å². The molecule has 2 aromatic carbocycles. The summed E-state index contributed by atoms with van der Waals surface area (Å²) in [5.74, 6) is -0.887. The number of para-hydroxylation sites is 1. The Kier molecular flexibility index (Phi) is 7.70. The first kappa shape index (κ1) is 28.8. The van der Waals surface area contributed by atoms with E-state index in [4.69, 9.17) is 30.8 Å². The number of carboxylic acid groups (broad SMARTS) is 1. The number of nitrogens with zero attached hydrogens (tertiary/aromatic N) is 3. The van der Waals surface area contributed by atoms with E-state index < -0.39 is 17.6 Å². The van der Waals surface area contributed by atoms with Crippen LogP contribution < -0.4 is 4.74 Å². The molecule has 228 valence electrons. The molecule has 0 spiro atoms. The van der Waals surface area contributed by atoms with Crippen molar-refractivity contribution in [3.8, 4) is 5.75 Å². The summed E-state index contributed by atoms with van der Waals surface area (Å²) in [5.41, 5.74) is 3.43. The van der Waals surface area contributed by atoms with Crippen LogP contribution >= 0.6 is 11.6 Å². The smallest absolute Gasteiger partial charge is 0.306 e. The summed E-state index contributed by atoms with van der Waals surface area (Å²) >= 11 is 6.04. The standard InChI is InChI=1S/C33H37ClFN3O5/c1-33(25-8-7-22(34)17-26(25)35)42-29-5-3-2-4-24(29)31(43-33)20-10-13-37(14-11-20)19-30-36-27-9-6-21(32(39)40)16-28(27)38(30)18-23-12-15-41-23/h2-5,7-8,17,20-21,23,31H,6,9-16,18-19H2,1H3,(H,39,40)/t21?,23-,31?,33?/m0/s1. The Morgan fingerprint density at radius 2 is 1.95 bits per heavy atom. The van der Waals surface area contributed by atoms with Crippen molar-refractivity contribution in [2.24, 2.45) is 11.8 Å². The van der Waals surface area contributed by atoms with Crippen molar-refractivity contribution < 1.29 is 28.5 Å². The zero-order chi connectivity index (χ0) is 29.7. The monoisotopic (exact) mass is 609 g/mol. The van der Waals surface area contributed by atoms with E-state index in [-0.39, 0.29) is 24.0 Å². The molecule has 0 amide bonds. The molecule has 2 fully saturated rings. The Morgan fingerprint density at radius 1 is 1.16 bits per heavy atom. The second kappa shape index (κ2) is 11.5. The Bertz CT molecular complexity index is 1520. The molecule has 43 heavy (non-hydrogen) atoms.